The van der Waals surface area contributed by atoms with Crippen LogP contribution in [0.5, 0.6) is 17.2 Å². The number of rotatable bonds is 8. The van der Waals surface area contributed by atoms with Crippen LogP contribution in [0.3, 0.4) is 0 Å². The molecule has 9 heteroatoms. The summed E-state index contributed by atoms with van der Waals surface area (Å²) < 4.78 is 21.4. The van der Waals surface area contributed by atoms with Gasteiger partial charge in [0.15, 0.2) is 5.58 Å². The molecule has 0 saturated heterocycles. The molecule has 0 fully saturated rings. The van der Waals surface area contributed by atoms with Crippen LogP contribution in [0.15, 0.2) is 51.1 Å². The van der Waals surface area contributed by atoms with Gasteiger partial charge in [0.1, 0.15) is 22.8 Å². The number of ether oxygens (including phenoxy) is 3. The van der Waals surface area contributed by atoms with Crippen LogP contribution in [0.25, 0.3) is 11.1 Å². The van der Waals surface area contributed by atoms with E-state index in [1.807, 2.05) is 24.3 Å². The first kappa shape index (κ1) is 19.6. The van der Waals surface area contributed by atoms with Crippen molar-refractivity contribution in [3.05, 3.63) is 42.0 Å². The molecule has 3 aromatic rings. The fourth-order valence-electron chi connectivity index (χ4n) is 2.40. The van der Waals surface area contributed by atoms with Gasteiger partial charge in [-0.05, 0) is 12.1 Å². The predicted molar refractivity (Wildman–Crippen MR) is 107 cm³/mol. The zero-order valence-electron chi connectivity index (χ0n) is 15.6. The molecular weight excluding hydrogens is 382 g/mol. The molecule has 3 rings (SSSR count). The number of nitrogens with zero attached hydrogens (tertiary/aromatic N) is 2. The zero-order valence-corrected chi connectivity index (χ0v) is 16.4. The van der Waals surface area contributed by atoms with Crippen molar-refractivity contribution >= 4 is 35.0 Å². The van der Waals surface area contributed by atoms with Gasteiger partial charge in [-0.2, -0.15) is 5.10 Å². The summed E-state index contributed by atoms with van der Waals surface area (Å²) in [7, 11) is 4.61. The van der Waals surface area contributed by atoms with Crippen LogP contribution in [0.2, 0.25) is 0 Å². The number of hydrazone groups is 1. The van der Waals surface area contributed by atoms with Crippen LogP contribution in [-0.4, -0.2) is 44.2 Å². The molecule has 1 aromatic heterocycles. The lowest BCUT2D eigenvalue weighted by Gasteiger charge is -2.12. The topological polar surface area (TPSA) is 95.2 Å². The SMILES string of the molecule is COc1cc(OC)c(/C=N/NC(=O)CSc2nc3ccccc3o2)c(OC)c1. The van der Waals surface area contributed by atoms with Crippen molar-refractivity contribution < 1.29 is 23.4 Å². The molecule has 2 aromatic carbocycles. The molecule has 1 N–H and O–H groups in total. The van der Waals surface area contributed by atoms with Gasteiger partial charge in [0, 0.05) is 12.1 Å². The summed E-state index contributed by atoms with van der Waals surface area (Å²) in [5.41, 5.74) is 4.48. The van der Waals surface area contributed by atoms with Crippen LogP contribution in [0.1, 0.15) is 5.56 Å². The first-order valence-electron chi connectivity index (χ1n) is 8.25. The van der Waals surface area contributed by atoms with Crippen molar-refractivity contribution in [1.82, 2.24) is 10.4 Å². The number of thioether (sulfide) groups is 1. The molecule has 0 aliphatic heterocycles. The van der Waals surface area contributed by atoms with Gasteiger partial charge in [0.2, 0.25) is 0 Å². The average molecular weight is 401 g/mol. The Bertz CT molecular complexity index is 944. The molecule has 1 heterocycles. The number of aromatic nitrogens is 1. The fourth-order valence-corrected chi connectivity index (χ4v) is 3.03. The zero-order chi connectivity index (χ0) is 19.9. The van der Waals surface area contributed by atoms with Crippen molar-refractivity contribution in [2.24, 2.45) is 5.10 Å². The molecule has 0 radical (unpaired) electrons. The van der Waals surface area contributed by atoms with E-state index in [1.54, 1.807) is 19.2 Å². The van der Waals surface area contributed by atoms with Crippen molar-refractivity contribution in [3.8, 4) is 17.2 Å². The third kappa shape index (κ3) is 4.55. The summed E-state index contributed by atoms with van der Waals surface area (Å²) in [6, 6.07) is 10.8. The highest BCUT2D eigenvalue weighted by molar-refractivity contribution is 7.99. The number of para-hydroxylation sites is 2. The lowest BCUT2D eigenvalue weighted by Crippen LogP contribution is -2.19. The molecule has 0 saturated carbocycles. The second-order valence-electron chi connectivity index (χ2n) is 5.47. The van der Waals surface area contributed by atoms with E-state index in [0.717, 1.165) is 5.52 Å². The van der Waals surface area contributed by atoms with E-state index < -0.39 is 0 Å². The highest BCUT2D eigenvalue weighted by atomic mass is 32.2. The summed E-state index contributed by atoms with van der Waals surface area (Å²) in [6.07, 6.45) is 1.46. The third-order valence-corrected chi connectivity index (χ3v) is 4.57. The number of oxazole rings is 1. The largest absolute Gasteiger partial charge is 0.496 e. The minimum absolute atomic E-state index is 0.112. The van der Waals surface area contributed by atoms with E-state index in [9.17, 15) is 4.79 Å². The predicted octanol–water partition coefficient (Wildman–Crippen LogP) is 3.10. The minimum atomic E-state index is -0.296. The number of fused-ring (bicyclic) bond motifs is 1. The highest BCUT2D eigenvalue weighted by Crippen LogP contribution is 2.32. The molecule has 0 bridgehead atoms. The van der Waals surface area contributed by atoms with E-state index in [2.05, 4.69) is 15.5 Å². The summed E-state index contributed by atoms with van der Waals surface area (Å²) in [6.45, 7) is 0. The Labute approximate surface area is 165 Å². The molecular formula is C19H19N3O5S. The molecule has 146 valence electrons. The second kappa shape index (κ2) is 9.14. The second-order valence-corrected chi connectivity index (χ2v) is 6.40. The third-order valence-electron chi connectivity index (χ3n) is 3.74. The number of carbonyl (C=O) groups is 1. The summed E-state index contributed by atoms with van der Waals surface area (Å²) in [5.74, 6) is 1.42. The van der Waals surface area contributed by atoms with E-state index in [0.29, 0.717) is 33.6 Å². The van der Waals surface area contributed by atoms with E-state index in [-0.39, 0.29) is 11.7 Å². The molecule has 1 amide bonds. The van der Waals surface area contributed by atoms with Crippen LogP contribution >= 0.6 is 11.8 Å². The molecule has 8 nitrogen and oxygen atoms in total. The standard InChI is InChI=1S/C19H19N3O5S/c1-24-12-8-16(25-2)13(17(9-12)26-3)10-20-22-18(23)11-28-19-21-14-6-4-5-7-15(14)27-19/h4-10H,11H2,1-3H3,(H,22,23)/b20-10+. The Morgan fingerprint density at radius 2 is 1.89 bits per heavy atom. The lowest BCUT2D eigenvalue weighted by molar-refractivity contribution is -0.118. The van der Waals surface area contributed by atoms with Gasteiger partial charge in [-0.1, -0.05) is 23.9 Å². The average Bonchev–Trinajstić information content (AvgIpc) is 3.15. The van der Waals surface area contributed by atoms with Crippen molar-refractivity contribution in [3.63, 3.8) is 0 Å². The number of methoxy groups -OCH3 is 3. The maximum Gasteiger partial charge on any atom is 0.257 e. The summed E-state index contributed by atoms with van der Waals surface area (Å²) in [4.78, 5) is 16.3. The van der Waals surface area contributed by atoms with Gasteiger partial charge in [0.25, 0.3) is 11.1 Å². The van der Waals surface area contributed by atoms with Gasteiger partial charge >= 0.3 is 0 Å². The Morgan fingerprint density at radius 3 is 2.54 bits per heavy atom. The normalized spacial score (nSPS) is 11.0. The Morgan fingerprint density at radius 1 is 1.18 bits per heavy atom. The van der Waals surface area contributed by atoms with Crippen LogP contribution in [0.4, 0.5) is 0 Å². The van der Waals surface area contributed by atoms with Crippen molar-refractivity contribution in [2.45, 2.75) is 5.22 Å². The maximum atomic E-state index is 12.0. The van der Waals surface area contributed by atoms with E-state index >= 15 is 0 Å². The molecule has 0 aliphatic rings. The molecule has 0 spiro atoms. The summed E-state index contributed by atoms with van der Waals surface area (Å²) in [5, 5.41) is 4.41. The van der Waals surface area contributed by atoms with Gasteiger partial charge in [-0.25, -0.2) is 10.4 Å². The van der Waals surface area contributed by atoms with Gasteiger partial charge in [-0.15, -0.1) is 0 Å². The number of nitrogens with one attached hydrogen (secondary N) is 1. The number of hydrogen-bond donors (Lipinski definition) is 1. The van der Waals surface area contributed by atoms with Gasteiger partial charge in [-0.3, -0.25) is 4.79 Å². The Hall–Kier alpha value is -3.20. The Balaban J connectivity index is 1.61. The highest BCUT2D eigenvalue weighted by Gasteiger charge is 2.12. The number of benzene rings is 2. The van der Waals surface area contributed by atoms with Crippen molar-refractivity contribution in [2.75, 3.05) is 27.1 Å². The molecule has 0 unspecified atom stereocenters. The number of amides is 1. The molecule has 28 heavy (non-hydrogen) atoms. The first-order valence-corrected chi connectivity index (χ1v) is 9.23. The van der Waals surface area contributed by atoms with E-state index in [1.165, 1.54) is 32.2 Å². The first-order chi connectivity index (χ1) is 13.6. The fraction of sp³-hybridized carbons (Fsp3) is 0.211. The quantitative estimate of drug-likeness (QED) is 0.352. The Kier molecular flexibility index (Phi) is 6.38. The van der Waals surface area contributed by atoms with E-state index in [4.69, 9.17) is 18.6 Å². The summed E-state index contributed by atoms with van der Waals surface area (Å²) >= 11 is 1.19. The van der Waals surface area contributed by atoms with Gasteiger partial charge < -0.3 is 18.6 Å². The number of hydrogen-bond acceptors (Lipinski definition) is 8. The monoisotopic (exact) mass is 401 g/mol. The number of carbonyl (C=O) groups excluding carboxylic acids is 1. The molecule has 0 aliphatic carbocycles. The van der Waals surface area contributed by atoms with Gasteiger partial charge in [0.05, 0.1) is 38.9 Å². The lowest BCUT2D eigenvalue weighted by atomic mass is 10.2. The smallest absolute Gasteiger partial charge is 0.257 e. The molecule has 0 atom stereocenters. The minimum Gasteiger partial charge on any atom is -0.496 e. The maximum absolute atomic E-state index is 12.0. The van der Waals surface area contributed by atoms with Crippen LogP contribution in [-0.2, 0) is 4.79 Å². The van der Waals surface area contributed by atoms with Crippen molar-refractivity contribution in [1.29, 1.82) is 0 Å². The van der Waals surface area contributed by atoms with Crippen LogP contribution < -0.4 is 19.6 Å². The van der Waals surface area contributed by atoms with Crippen LogP contribution in [0, 0.1) is 0 Å².